The molecule has 5 nitrogen and oxygen atoms in total. The Kier molecular flexibility index (Phi) is 4.99. The maximum absolute atomic E-state index is 12.4. The number of nitrogens with zero attached hydrogens (tertiary/aromatic N) is 2. The first kappa shape index (κ1) is 18.5. The number of fused-ring (bicyclic) bond motifs is 1. The van der Waals surface area contributed by atoms with Gasteiger partial charge >= 0.3 is 0 Å². The first-order chi connectivity index (χ1) is 11.7. The lowest BCUT2D eigenvalue weighted by molar-refractivity contribution is -0.121. The number of carbonyl (C=O) groups is 1. The van der Waals surface area contributed by atoms with E-state index in [1.165, 1.54) is 11.8 Å². The van der Waals surface area contributed by atoms with Crippen LogP contribution in [0.5, 0.6) is 0 Å². The Balaban J connectivity index is 2.07. The van der Waals surface area contributed by atoms with Crippen LogP contribution < -0.4 is 4.90 Å². The van der Waals surface area contributed by atoms with Crippen LogP contribution in [0.15, 0.2) is 23.2 Å². The number of hydrogen-bond acceptors (Lipinski definition) is 4. The van der Waals surface area contributed by atoms with E-state index < -0.39 is 9.84 Å². The second-order valence-corrected chi connectivity index (χ2v) is 10.3. The average Bonchev–Trinajstić information content (AvgIpc) is 2.98. The summed E-state index contributed by atoms with van der Waals surface area (Å²) >= 11 is 1.44. The molecular formula is C18H24N2O3S2. The van der Waals surface area contributed by atoms with Crippen molar-refractivity contribution in [3.05, 3.63) is 29.3 Å². The summed E-state index contributed by atoms with van der Waals surface area (Å²) in [6.45, 7) is 7.87. The number of carbonyl (C=O) groups excluding carboxylic acids is 1. The van der Waals surface area contributed by atoms with Gasteiger partial charge in [-0.1, -0.05) is 43.8 Å². The third kappa shape index (κ3) is 3.49. The number of amides is 1. The minimum absolute atomic E-state index is 0.0625. The van der Waals surface area contributed by atoms with Crippen molar-refractivity contribution in [2.24, 2.45) is 10.9 Å². The molecule has 136 valence electrons. The number of amidine groups is 1. The topological polar surface area (TPSA) is 66.8 Å². The van der Waals surface area contributed by atoms with E-state index in [1.807, 2.05) is 50.8 Å². The summed E-state index contributed by atoms with van der Waals surface area (Å²) in [6, 6.07) is 5.86. The van der Waals surface area contributed by atoms with Crippen molar-refractivity contribution in [3.8, 4) is 0 Å². The van der Waals surface area contributed by atoms with E-state index in [9.17, 15) is 13.2 Å². The van der Waals surface area contributed by atoms with Crippen LogP contribution in [0.2, 0.25) is 0 Å². The van der Waals surface area contributed by atoms with Crippen molar-refractivity contribution >= 4 is 38.4 Å². The minimum atomic E-state index is -3.05. The summed E-state index contributed by atoms with van der Waals surface area (Å²) in [5.74, 6) is 0.0103. The standard InChI is InChI=1S/C18H24N2O3S2/c1-5-11(2)17(21)19-18-20(16-12(3)7-6-8-13(16)4)14-9-25(22,23)10-15(14)24-18/h6-8,11,14-15H,5,9-10H2,1-4H3/t11-,14+,15-/m0/s1. The molecular weight excluding hydrogens is 356 g/mol. The molecule has 0 bridgehead atoms. The molecule has 1 aromatic carbocycles. The van der Waals surface area contributed by atoms with Gasteiger partial charge in [-0.3, -0.25) is 4.79 Å². The fraction of sp³-hybridized carbons (Fsp3) is 0.556. The molecule has 0 aromatic heterocycles. The molecule has 0 spiro atoms. The molecule has 0 saturated carbocycles. The highest BCUT2D eigenvalue weighted by atomic mass is 32.2. The van der Waals surface area contributed by atoms with Crippen molar-refractivity contribution in [2.45, 2.75) is 45.4 Å². The third-order valence-corrected chi connectivity index (χ3v) is 8.20. The Labute approximate surface area is 153 Å². The maximum atomic E-state index is 12.4. The fourth-order valence-corrected chi connectivity index (χ4v) is 7.30. The van der Waals surface area contributed by atoms with Gasteiger partial charge in [0.2, 0.25) is 0 Å². The van der Waals surface area contributed by atoms with Crippen LogP contribution >= 0.6 is 11.8 Å². The van der Waals surface area contributed by atoms with Gasteiger partial charge in [-0.25, -0.2) is 8.42 Å². The molecule has 0 aliphatic carbocycles. The van der Waals surface area contributed by atoms with Crippen molar-refractivity contribution in [1.82, 2.24) is 0 Å². The second kappa shape index (κ2) is 6.76. The van der Waals surface area contributed by atoms with E-state index in [-0.39, 0.29) is 34.6 Å². The Hall–Kier alpha value is -1.34. The van der Waals surface area contributed by atoms with Crippen molar-refractivity contribution in [2.75, 3.05) is 16.4 Å². The summed E-state index contributed by atoms with van der Waals surface area (Å²) in [5, 5.41) is 0.583. The van der Waals surface area contributed by atoms with E-state index in [4.69, 9.17) is 0 Å². The van der Waals surface area contributed by atoms with Gasteiger partial charge in [-0.15, -0.1) is 0 Å². The SMILES string of the molecule is CC[C@H](C)C(=O)N=C1S[C@H]2CS(=O)(=O)C[C@H]2N1c1c(C)cccc1C. The lowest BCUT2D eigenvalue weighted by atomic mass is 10.1. The van der Waals surface area contributed by atoms with Crippen LogP contribution in [0, 0.1) is 19.8 Å². The molecule has 2 aliphatic rings. The highest BCUT2D eigenvalue weighted by molar-refractivity contribution is 8.16. The maximum Gasteiger partial charge on any atom is 0.250 e. The Morgan fingerprint density at radius 3 is 2.56 bits per heavy atom. The van der Waals surface area contributed by atoms with E-state index >= 15 is 0 Å². The Morgan fingerprint density at radius 2 is 1.96 bits per heavy atom. The van der Waals surface area contributed by atoms with E-state index in [1.54, 1.807) is 0 Å². The smallest absolute Gasteiger partial charge is 0.250 e. The van der Waals surface area contributed by atoms with Gasteiger partial charge < -0.3 is 4.90 Å². The number of sulfone groups is 1. The lowest BCUT2D eigenvalue weighted by Crippen LogP contribution is -2.38. The third-order valence-electron chi connectivity index (χ3n) is 4.99. The van der Waals surface area contributed by atoms with Gasteiger partial charge in [-0.05, 0) is 31.4 Å². The van der Waals surface area contributed by atoms with Gasteiger partial charge in [-0.2, -0.15) is 4.99 Å². The zero-order chi connectivity index (χ0) is 18.4. The van der Waals surface area contributed by atoms with Crippen LogP contribution in [0.3, 0.4) is 0 Å². The van der Waals surface area contributed by atoms with Crippen molar-refractivity contribution in [1.29, 1.82) is 0 Å². The predicted octanol–water partition coefficient (Wildman–Crippen LogP) is 2.95. The van der Waals surface area contributed by atoms with Crippen LogP contribution in [0.25, 0.3) is 0 Å². The van der Waals surface area contributed by atoms with Gasteiger partial charge in [0.1, 0.15) is 0 Å². The van der Waals surface area contributed by atoms with Crippen LogP contribution in [-0.4, -0.2) is 42.3 Å². The number of benzene rings is 1. The highest BCUT2D eigenvalue weighted by Gasteiger charge is 2.50. The number of anilines is 1. The molecule has 2 heterocycles. The van der Waals surface area contributed by atoms with E-state index in [0.29, 0.717) is 5.17 Å². The van der Waals surface area contributed by atoms with Crippen molar-refractivity contribution in [3.63, 3.8) is 0 Å². The van der Waals surface area contributed by atoms with Crippen LogP contribution in [0.1, 0.15) is 31.4 Å². The quantitative estimate of drug-likeness (QED) is 0.806. The number of aryl methyl sites for hydroxylation is 2. The predicted molar refractivity (Wildman–Crippen MR) is 104 cm³/mol. The normalized spacial score (nSPS) is 27.5. The molecule has 2 saturated heterocycles. The summed E-state index contributed by atoms with van der Waals surface area (Å²) in [5.41, 5.74) is 3.11. The molecule has 2 fully saturated rings. The Bertz CT molecular complexity index is 812. The van der Waals surface area contributed by atoms with Crippen molar-refractivity contribution < 1.29 is 13.2 Å². The van der Waals surface area contributed by atoms with Crippen LogP contribution in [0.4, 0.5) is 5.69 Å². The number of hydrogen-bond donors (Lipinski definition) is 0. The fourth-order valence-electron chi connectivity index (χ4n) is 3.39. The van der Waals surface area contributed by atoms with Gasteiger partial charge in [0, 0.05) is 16.9 Å². The lowest BCUT2D eigenvalue weighted by Gasteiger charge is -2.28. The molecule has 2 aliphatic heterocycles. The first-order valence-corrected chi connectivity index (χ1v) is 11.3. The molecule has 25 heavy (non-hydrogen) atoms. The summed E-state index contributed by atoms with van der Waals surface area (Å²) in [7, 11) is -3.05. The molecule has 3 rings (SSSR count). The molecule has 0 N–H and O–H groups in total. The number of thioether (sulfide) groups is 1. The zero-order valence-electron chi connectivity index (χ0n) is 15.0. The summed E-state index contributed by atoms with van der Waals surface area (Å²) in [4.78, 5) is 18.8. The largest absolute Gasteiger partial charge is 0.315 e. The number of aliphatic imine (C=N–C) groups is 1. The second-order valence-electron chi connectivity index (χ2n) is 6.95. The average molecular weight is 381 g/mol. The molecule has 7 heteroatoms. The molecule has 3 atom stereocenters. The Morgan fingerprint density at radius 1 is 1.32 bits per heavy atom. The first-order valence-electron chi connectivity index (χ1n) is 8.58. The highest BCUT2D eigenvalue weighted by Crippen LogP contribution is 2.43. The number of para-hydroxylation sites is 1. The van der Waals surface area contributed by atoms with Gasteiger partial charge in [0.05, 0.1) is 17.5 Å². The van der Waals surface area contributed by atoms with E-state index in [2.05, 4.69) is 4.99 Å². The van der Waals surface area contributed by atoms with Crippen LogP contribution in [-0.2, 0) is 14.6 Å². The van der Waals surface area contributed by atoms with E-state index in [0.717, 1.165) is 23.2 Å². The summed E-state index contributed by atoms with van der Waals surface area (Å²) in [6.07, 6.45) is 0.741. The van der Waals surface area contributed by atoms with Gasteiger partial charge in [0.15, 0.2) is 15.0 Å². The minimum Gasteiger partial charge on any atom is -0.315 e. The summed E-state index contributed by atoms with van der Waals surface area (Å²) < 4.78 is 24.3. The molecule has 0 unspecified atom stereocenters. The molecule has 0 radical (unpaired) electrons. The molecule has 1 aromatic rings. The molecule has 1 amide bonds. The van der Waals surface area contributed by atoms with Gasteiger partial charge in [0.25, 0.3) is 5.91 Å². The zero-order valence-corrected chi connectivity index (χ0v) is 16.7. The number of rotatable bonds is 3. The monoisotopic (exact) mass is 380 g/mol.